The van der Waals surface area contributed by atoms with E-state index in [0.717, 1.165) is 11.1 Å². The Hall–Kier alpha value is -2.73. The Morgan fingerprint density at radius 3 is 2.22 bits per heavy atom. The van der Waals surface area contributed by atoms with Crippen molar-refractivity contribution in [2.45, 2.75) is 13.8 Å². The molecule has 144 valence electrons. The van der Waals surface area contributed by atoms with Gasteiger partial charge in [-0.05, 0) is 55.3 Å². The van der Waals surface area contributed by atoms with Gasteiger partial charge in [-0.2, -0.15) is 0 Å². The van der Waals surface area contributed by atoms with E-state index in [4.69, 9.17) is 30.5 Å². The molecule has 7 heteroatoms. The number of aryl methyl sites for hydroxylation is 2. The predicted octanol–water partition coefficient (Wildman–Crippen LogP) is 3.78. The van der Waals surface area contributed by atoms with Crippen molar-refractivity contribution in [2.75, 3.05) is 27.4 Å². The Morgan fingerprint density at radius 1 is 0.963 bits per heavy atom. The monoisotopic (exact) mass is 392 g/mol. The lowest BCUT2D eigenvalue weighted by molar-refractivity contribution is -0.144. The summed E-state index contributed by atoms with van der Waals surface area (Å²) in [5.41, 5.74) is 1.89. The van der Waals surface area contributed by atoms with E-state index in [2.05, 4.69) is 0 Å². The maximum absolute atomic E-state index is 12.3. The Morgan fingerprint density at radius 2 is 1.63 bits per heavy atom. The average Bonchev–Trinajstić information content (AvgIpc) is 2.64. The molecule has 0 heterocycles. The first kappa shape index (κ1) is 20.6. The maximum atomic E-state index is 12.3. The highest BCUT2D eigenvalue weighted by Crippen LogP contribution is 2.27. The summed E-state index contributed by atoms with van der Waals surface area (Å²) < 4.78 is 20.8. The van der Waals surface area contributed by atoms with Crippen molar-refractivity contribution in [3.8, 4) is 17.2 Å². The van der Waals surface area contributed by atoms with E-state index in [-0.39, 0.29) is 12.2 Å². The van der Waals surface area contributed by atoms with Gasteiger partial charge in [0.1, 0.15) is 17.2 Å². The lowest BCUT2D eigenvalue weighted by Gasteiger charge is -2.13. The third-order valence-electron chi connectivity index (χ3n) is 3.83. The molecule has 2 rings (SSSR count). The second-order valence-corrected chi connectivity index (χ2v) is 6.24. The first-order chi connectivity index (χ1) is 12.8. The third kappa shape index (κ3) is 5.37. The number of ketones is 1. The average molecular weight is 393 g/mol. The highest BCUT2D eigenvalue weighted by molar-refractivity contribution is 6.30. The topological polar surface area (TPSA) is 71.1 Å². The maximum Gasteiger partial charge on any atom is 0.344 e. The van der Waals surface area contributed by atoms with Gasteiger partial charge in [-0.1, -0.05) is 11.6 Å². The zero-order valence-corrected chi connectivity index (χ0v) is 16.4. The molecule has 0 aromatic heterocycles. The van der Waals surface area contributed by atoms with Crippen molar-refractivity contribution in [1.82, 2.24) is 0 Å². The van der Waals surface area contributed by atoms with E-state index >= 15 is 0 Å². The predicted molar refractivity (Wildman–Crippen MR) is 101 cm³/mol. The molecule has 0 saturated heterocycles. The molecule has 0 spiro atoms. The van der Waals surface area contributed by atoms with E-state index in [9.17, 15) is 9.59 Å². The Bertz CT molecular complexity index is 823. The van der Waals surface area contributed by atoms with Gasteiger partial charge in [0.05, 0.1) is 19.8 Å². The summed E-state index contributed by atoms with van der Waals surface area (Å²) in [6.07, 6.45) is 0. The molecule has 0 radical (unpaired) electrons. The number of methoxy groups -OCH3 is 2. The van der Waals surface area contributed by atoms with E-state index in [1.807, 2.05) is 13.8 Å². The molecule has 0 aliphatic carbocycles. The molecule has 6 nitrogen and oxygen atoms in total. The summed E-state index contributed by atoms with van der Waals surface area (Å²) in [6.45, 7) is 2.92. The summed E-state index contributed by atoms with van der Waals surface area (Å²) in [5.74, 6) is 0.386. The largest absolute Gasteiger partial charge is 0.497 e. The number of benzene rings is 2. The molecule has 0 fully saturated rings. The first-order valence-corrected chi connectivity index (χ1v) is 8.54. The van der Waals surface area contributed by atoms with Crippen molar-refractivity contribution in [3.05, 3.63) is 52.0 Å². The van der Waals surface area contributed by atoms with Gasteiger partial charge in [0.15, 0.2) is 13.2 Å². The van der Waals surface area contributed by atoms with Crippen LogP contribution < -0.4 is 14.2 Å². The van der Waals surface area contributed by atoms with Crippen molar-refractivity contribution in [3.63, 3.8) is 0 Å². The zero-order chi connectivity index (χ0) is 20.0. The highest BCUT2D eigenvalue weighted by atomic mass is 35.5. The molecule has 0 aliphatic heterocycles. The van der Waals surface area contributed by atoms with Gasteiger partial charge in [0.25, 0.3) is 0 Å². The standard InChI is InChI=1S/C20H21ClO6/c1-12-7-14(21)8-13(2)20(12)27-11-19(23)26-10-17(22)16-9-15(24-3)5-6-18(16)25-4/h5-9H,10-11H2,1-4H3. The van der Waals surface area contributed by atoms with Crippen LogP contribution in [0, 0.1) is 13.8 Å². The van der Waals surface area contributed by atoms with Gasteiger partial charge in [-0.25, -0.2) is 4.79 Å². The minimum Gasteiger partial charge on any atom is -0.497 e. The SMILES string of the molecule is COc1ccc(OC)c(C(=O)COC(=O)COc2c(C)cc(Cl)cc2C)c1. The van der Waals surface area contributed by atoms with Crippen LogP contribution >= 0.6 is 11.6 Å². The molecule has 2 aromatic rings. The Balaban J connectivity index is 1.95. The number of carbonyl (C=O) groups is 2. The van der Waals surface area contributed by atoms with Crippen LogP contribution in [0.5, 0.6) is 17.2 Å². The summed E-state index contributed by atoms with van der Waals surface area (Å²) >= 11 is 5.97. The van der Waals surface area contributed by atoms with Gasteiger partial charge in [0.2, 0.25) is 5.78 Å². The molecule has 2 aromatic carbocycles. The van der Waals surface area contributed by atoms with Gasteiger partial charge < -0.3 is 18.9 Å². The molecule has 0 saturated carbocycles. The van der Waals surface area contributed by atoms with Crippen LogP contribution in [0.2, 0.25) is 5.02 Å². The van der Waals surface area contributed by atoms with E-state index in [1.54, 1.807) is 24.3 Å². The number of ether oxygens (including phenoxy) is 4. The second-order valence-electron chi connectivity index (χ2n) is 5.81. The molecule has 0 bridgehead atoms. The zero-order valence-electron chi connectivity index (χ0n) is 15.6. The number of hydrogen-bond acceptors (Lipinski definition) is 6. The molecular formula is C20H21ClO6. The van der Waals surface area contributed by atoms with E-state index in [1.165, 1.54) is 20.3 Å². The Kier molecular flexibility index (Phi) is 7.07. The van der Waals surface area contributed by atoms with Crippen LogP contribution in [-0.2, 0) is 9.53 Å². The lowest BCUT2D eigenvalue weighted by atomic mass is 10.1. The van der Waals surface area contributed by atoms with E-state index in [0.29, 0.717) is 22.3 Å². The second kappa shape index (κ2) is 9.28. The minimum atomic E-state index is -0.654. The van der Waals surface area contributed by atoms with Crippen molar-refractivity contribution < 1.29 is 28.5 Å². The molecular weight excluding hydrogens is 372 g/mol. The van der Waals surface area contributed by atoms with Crippen LogP contribution in [0.15, 0.2) is 30.3 Å². The summed E-state index contributed by atoms with van der Waals surface area (Å²) in [6, 6.07) is 8.31. The van der Waals surface area contributed by atoms with Crippen LogP contribution in [0.3, 0.4) is 0 Å². The minimum absolute atomic E-state index is 0.273. The number of esters is 1. The number of halogens is 1. The van der Waals surface area contributed by atoms with Gasteiger partial charge in [-0.15, -0.1) is 0 Å². The molecule has 0 atom stereocenters. The number of Topliss-reactive ketones (excluding diaryl/α,β-unsaturated/α-hetero) is 1. The van der Waals surface area contributed by atoms with Crippen LogP contribution in [-0.4, -0.2) is 39.2 Å². The molecule has 0 unspecified atom stereocenters. The van der Waals surface area contributed by atoms with Gasteiger partial charge >= 0.3 is 5.97 Å². The fraction of sp³-hybridized carbons (Fsp3) is 0.300. The smallest absolute Gasteiger partial charge is 0.344 e. The number of rotatable bonds is 8. The summed E-state index contributed by atoms with van der Waals surface area (Å²) in [5, 5.41) is 0.595. The number of hydrogen-bond donors (Lipinski definition) is 0. The third-order valence-corrected chi connectivity index (χ3v) is 4.05. The fourth-order valence-electron chi connectivity index (χ4n) is 2.55. The van der Waals surface area contributed by atoms with Crippen molar-refractivity contribution in [2.24, 2.45) is 0 Å². The van der Waals surface area contributed by atoms with Crippen molar-refractivity contribution >= 4 is 23.4 Å². The molecule has 27 heavy (non-hydrogen) atoms. The fourth-order valence-corrected chi connectivity index (χ4v) is 2.88. The first-order valence-electron chi connectivity index (χ1n) is 8.16. The molecule has 0 amide bonds. The molecule has 0 aliphatic rings. The summed E-state index contributed by atoms with van der Waals surface area (Å²) in [7, 11) is 2.95. The Labute approximate surface area is 162 Å². The van der Waals surface area contributed by atoms with Crippen molar-refractivity contribution in [1.29, 1.82) is 0 Å². The highest BCUT2D eigenvalue weighted by Gasteiger charge is 2.17. The lowest BCUT2D eigenvalue weighted by Crippen LogP contribution is -2.20. The summed E-state index contributed by atoms with van der Waals surface area (Å²) in [4.78, 5) is 24.3. The molecule has 0 N–H and O–H groups in total. The van der Waals surface area contributed by atoms with Crippen LogP contribution in [0.4, 0.5) is 0 Å². The normalized spacial score (nSPS) is 10.3. The number of carbonyl (C=O) groups excluding carboxylic acids is 2. The van der Waals surface area contributed by atoms with Gasteiger partial charge in [-0.3, -0.25) is 4.79 Å². The van der Waals surface area contributed by atoms with E-state index < -0.39 is 18.4 Å². The van der Waals surface area contributed by atoms with Crippen LogP contribution in [0.25, 0.3) is 0 Å². The van der Waals surface area contributed by atoms with Crippen LogP contribution in [0.1, 0.15) is 21.5 Å². The van der Waals surface area contributed by atoms with Gasteiger partial charge in [0, 0.05) is 5.02 Å². The quantitative estimate of drug-likeness (QED) is 0.503.